The molecule has 1 aromatic heterocycles. The van der Waals surface area contributed by atoms with Crippen molar-refractivity contribution in [3.8, 4) is 6.07 Å². The van der Waals surface area contributed by atoms with Crippen LogP contribution < -0.4 is 0 Å². The topological polar surface area (TPSA) is 36.7 Å². The van der Waals surface area contributed by atoms with Gasteiger partial charge in [0, 0.05) is 27.4 Å². The second-order valence-corrected chi connectivity index (χ2v) is 4.93. The zero-order valence-corrected chi connectivity index (χ0v) is 10.8. The number of halogens is 2. The number of thioether (sulfide) groups is 1. The van der Waals surface area contributed by atoms with Gasteiger partial charge in [-0.2, -0.15) is 5.26 Å². The van der Waals surface area contributed by atoms with Crippen LogP contribution in [0.15, 0.2) is 41.4 Å². The molecule has 0 radical (unpaired) electrons. The summed E-state index contributed by atoms with van der Waals surface area (Å²) in [6, 6.07) is 10.0. The van der Waals surface area contributed by atoms with Crippen LogP contribution in [0.25, 0.3) is 0 Å². The SMILES string of the molecule is N#Cc1cc(SCc2c(F)cccc2Cl)ccn1. The van der Waals surface area contributed by atoms with E-state index < -0.39 is 0 Å². The summed E-state index contributed by atoms with van der Waals surface area (Å²) in [5.74, 6) is 0.102. The number of hydrogen-bond acceptors (Lipinski definition) is 3. The van der Waals surface area contributed by atoms with Gasteiger partial charge in [-0.05, 0) is 24.3 Å². The number of nitrogens with zero attached hydrogens (tertiary/aromatic N) is 2. The Morgan fingerprint density at radius 2 is 2.22 bits per heavy atom. The predicted molar refractivity (Wildman–Crippen MR) is 69.9 cm³/mol. The van der Waals surface area contributed by atoms with Crippen molar-refractivity contribution < 1.29 is 4.39 Å². The zero-order chi connectivity index (χ0) is 13.0. The van der Waals surface area contributed by atoms with E-state index >= 15 is 0 Å². The van der Waals surface area contributed by atoms with E-state index in [0.29, 0.717) is 22.0 Å². The number of benzene rings is 1. The average Bonchev–Trinajstić information content (AvgIpc) is 2.38. The Morgan fingerprint density at radius 3 is 2.94 bits per heavy atom. The van der Waals surface area contributed by atoms with Gasteiger partial charge in [-0.1, -0.05) is 17.7 Å². The van der Waals surface area contributed by atoms with Crippen molar-refractivity contribution in [1.29, 1.82) is 5.26 Å². The Bertz CT molecular complexity index is 590. The molecule has 0 N–H and O–H groups in total. The first-order valence-electron chi connectivity index (χ1n) is 5.12. The van der Waals surface area contributed by atoms with Gasteiger partial charge in [0.2, 0.25) is 0 Å². The van der Waals surface area contributed by atoms with Crippen molar-refractivity contribution in [2.75, 3.05) is 0 Å². The molecule has 0 amide bonds. The molecule has 0 aliphatic rings. The normalized spacial score (nSPS) is 10.1. The standard InChI is InChI=1S/C13H8ClFN2S/c14-12-2-1-3-13(15)11(12)8-18-10-4-5-17-9(6-10)7-16/h1-6H,8H2. The molecule has 0 aliphatic heterocycles. The van der Waals surface area contributed by atoms with Crippen molar-refractivity contribution in [3.63, 3.8) is 0 Å². The van der Waals surface area contributed by atoms with Crippen LogP contribution in [0, 0.1) is 17.1 Å². The van der Waals surface area contributed by atoms with Crippen LogP contribution in [0.4, 0.5) is 4.39 Å². The maximum Gasteiger partial charge on any atom is 0.141 e. The van der Waals surface area contributed by atoms with Crippen LogP contribution in [0.3, 0.4) is 0 Å². The molecule has 0 unspecified atom stereocenters. The van der Waals surface area contributed by atoms with Crippen LogP contribution in [0.2, 0.25) is 5.02 Å². The van der Waals surface area contributed by atoms with Crippen LogP contribution in [-0.4, -0.2) is 4.98 Å². The molecule has 0 atom stereocenters. The van der Waals surface area contributed by atoms with E-state index in [0.717, 1.165) is 4.90 Å². The quantitative estimate of drug-likeness (QED) is 0.795. The molecule has 1 heterocycles. The molecule has 2 aromatic rings. The van der Waals surface area contributed by atoms with Crippen molar-refractivity contribution in [2.45, 2.75) is 10.6 Å². The summed E-state index contributed by atoms with van der Waals surface area (Å²) in [6.07, 6.45) is 1.56. The first-order chi connectivity index (χ1) is 8.70. The van der Waals surface area contributed by atoms with E-state index in [1.807, 2.05) is 6.07 Å². The third-order valence-corrected chi connectivity index (χ3v) is 3.67. The van der Waals surface area contributed by atoms with Gasteiger partial charge < -0.3 is 0 Å². The maximum absolute atomic E-state index is 13.5. The second-order valence-electron chi connectivity index (χ2n) is 3.48. The molecule has 0 bridgehead atoms. The molecule has 18 heavy (non-hydrogen) atoms. The van der Waals surface area contributed by atoms with Gasteiger partial charge in [-0.15, -0.1) is 11.8 Å². The molecule has 0 spiro atoms. The van der Waals surface area contributed by atoms with E-state index in [9.17, 15) is 4.39 Å². The summed E-state index contributed by atoms with van der Waals surface area (Å²) in [4.78, 5) is 4.74. The van der Waals surface area contributed by atoms with Gasteiger partial charge >= 0.3 is 0 Å². The third kappa shape index (κ3) is 3.00. The fraction of sp³-hybridized carbons (Fsp3) is 0.0769. The van der Waals surface area contributed by atoms with Crippen molar-refractivity contribution in [2.24, 2.45) is 0 Å². The number of pyridine rings is 1. The number of hydrogen-bond donors (Lipinski definition) is 0. The second kappa shape index (κ2) is 5.85. The van der Waals surface area contributed by atoms with Crippen molar-refractivity contribution >= 4 is 23.4 Å². The highest BCUT2D eigenvalue weighted by atomic mass is 35.5. The first-order valence-corrected chi connectivity index (χ1v) is 6.49. The molecule has 5 heteroatoms. The highest BCUT2D eigenvalue weighted by molar-refractivity contribution is 7.98. The Balaban J connectivity index is 2.14. The fourth-order valence-corrected chi connectivity index (χ4v) is 2.65. The summed E-state index contributed by atoms with van der Waals surface area (Å²) >= 11 is 7.35. The van der Waals surface area contributed by atoms with Crippen LogP contribution in [0.5, 0.6) is 0 Å². The lowest BCUT2D eigenvalue weighted by molar-refractivity contribution is 0.617. The van der Waals surface area contributed by atoms with E-state index in [-0.39, 0.29) is 5.82 Å². The minimum Gasteiger partial charge on any atom is -0.245 e. The highest BCUT2D eigenvalue weighted by Gasteiger charge is 2.07. The van der Waals surface area contributed by atoms with Crippen LogP contribution in [-0.2, 0) is 5.75 Å². The van der Waals surface area contributed by atoms with Crippen molar-refractivity contribution in [3.05, 3.63) is 58.6 Å². The number of rotatable bonds is 3. The predicted octanol–water partition coefficient (Wildman–Crippen LogP) is 4.04. The van der Waals surface area contributed by atoms with Gasteiger partial charge in [0.05, 0.1) is 0 Å². The Hall–Kier alpha value is -1.57. The van der Waals surface area contributed by atoms with Gasteiger partial charge in [-0.25, -0.2) is 9.37 Å². The highest BCUT2D eigenvalue weighted by Crippen LogP contribution is 2.28. The average molecular weight is 279 g/mol. The Labute approximate surface area is 113 Å². The first kappa shape index (κ1) is 12.9. The number of nitriles is 1. The molecule has 2 rings (SSSR count). The molecule has 0 aliphatic carbocycles. The lowest BCUT2D eigenvalue weighted by Crippen LogP contribution is -1.89. The zero-order valence-electron chi connectivity index (χ0n) is 9.23. The molecule has 90 valence electrons. The number of aromatic nitrogens is 1. The van der Waals surface area contributed by atoms with Gasteiger partial charge in [0.15, 0.2) is 0 Å². The third-order valence-electron chi connectivity index (χ3n) is 2.29. The van der Waals surface area contributed by atoms with E-state index in [2.05, 4.69) is 4.98 Å². The molecule has 1 aromatic carbocycles. The monoisotopic (exact) mass is 278 g/mol. The maximum atomic E-state index is 13.5. The summed E-state index contributed by atoms with van der Waals surface area (Å²) in [7, 11) is 0. The summed E-state index contributed by atoms with van der Waals surface area (Å²) in [5.41, 5.74) is 0.819. The van der Waals surface area contributed by atoms with Crippen LogP contribution in [0.1, 0.15) is 11.3 Å². The van der Waals surface area contributed by atoms with Crippen LogP contribution >= 0.6 is 23.4 Å². The molecular weight excluding hydrogens is 271 g/mol. The fourth-order valence-electron chi connectivity index (χ4n) is 1.39. The molecule has 2 nitrogen and oxygen atoms in total. The van der Waals surface area contributed by atoms with E-state index in [1.54, 1.807) is 30.5 Å². The summed E-state index contributed by atoms with van der Waals surface area (Å²) in [5, 5.41) is 9.15. The Kier molecular flexibility index (Phi) is 4.19. The minimum atomic E-state index is -0.315. The van der Waals surface area contributed by atoms with Crippen molar-refractivity contribution in [1.82, 2.24) is 4.98 Å². The lowest BCUT2D eigenvalue weighted by atomic mass is 10.2. The largest absolute Gasteiger partial charge is 0.245 e. The Morgan fingerprint density at radius 1 is 1.39 bits per heavy atom. The van der Waals surface area contributed by atoms with Gasteiger partial charge in [0.25, 0.3) is 0 Å². The van der Waals surface area contributed by atoms with E-state index in [4.69, 9.17) is 16.9 Å². The molecular formula is C13H8ClFN2S. The summed E-state index contributed by atoms with van der Waals surface area (Å²) < 4.78 is 13.5. The van der Waals surface area contributed by atoms with Gasteiger partial charge in [-0.3, -0.25) is 0 Å². The van der Waals surface area contributed by atoms with Gasteiger partial charge in [0.1, 0.15) is 17.6 Å². The smallest absolute Gasteiger partial charge is 0.141 e. The summed E-state index contributed by atoms with van der Waals surface area (Å²) in [6.45, 7) is 0. The van der Waals surface area contributed by atoms with E-state index in [1.165, 1.54) is 17.8 Å². The molecule has 0 fully saturated rings. The lowest BCUT2D eigenvalue weighted by Gasteiger charge is -2.05. The molecule has 0 saturated carbocycles. The minimum absolute atomic E-state index is 0.315. The molecule has 0 saturated heterocycles.